The van der Waals surface area contributed by atoms with E-state index in [0.717, 1.165) is 10.0 Å². The van der Waals surface area contributed by atoms with Crippen LogP contribution in [0.25, 0.3) is 11.4 Å². The molecule has 4 rings (SSSR count). The van der Waals surface area contributed by atoms with Crippen molar-refractivity contribution >= 4 is 15.9 Å². The Labute approximate surface area is 180 Å². The van der Waals surface area contributed by atoms with Gasteiger partial charge in [0.25, 0.3) is 5.56 Å². The van der Waals surface area contributed by atoms with Crippen molar-refractivity contribution < 1.29 is 23.7 Å². The molecule has 2 aromatic carbocycles. The number of hydrogen-bond donors (Lipinski definition) is 1. The summed E-state index contributed by atoms with van der Waals surface area (Å²) in [5.74, 6) is 2.89. The molecule has 1 N–H and O–H groups in total. The number of aromatic nitrogens is 2. The van der Waals surface area contributed by atoms with Crippen LogP contribution in [0.3, 0.4) is 0 Å². The first-order valence-electron chi connectivity index (χ1n) is 8.97. The molecule has 30 heavy (non-hydrogen) atoms. The third-order valence-corrected chi connectivity index (χ3v) is 5.28. The first-order valence-corrected chi connectivity index (χ1v) is 9.76. The van der Waals surface area contributed by atoms with Gasteiger partial charge in [-0.3, -0.25) is 4.79 Å². The molecule has 1 aliphatic heterocycles. The molecular formula is C21H19BrN2O6. The highest BCUT2D eigenvalue weighted by molar-refractivity contribution is 9.10. The van der Waals surface area contributed by atoms with E-state index in [4.69, 9.17) is 23.7 Å². The fourth-order valence-corrected chi connectivity index (χ4v) is 3.93. The number of H-pyrrole nitrogens is 1. The second-order valence-corrected chi connectivity index (χ2v) is 7.37. The van der Waals surface area contributed by atoms with E-state index in [1.165, 1.54) is 21.3 Å². The Morgan fingerprint density at radius 1 is 1.00 bits per heavy atom. The molecule has 0 fully saturated rings. The monoisotopic (exact) mass is 474 g/mol. The Kier molecular flexibility index (Phi) is 5.29. The van der Waals surface area contributed by atoms with Gasteiger partial charge in [-0.2, -0.15) is 4.98 Å². The molecule has 1 aliphatic rings. The van der Waals surface area contributed by atoms with Crippen LogP contribution in [0.1, 0.15) is 11.1 Å². The quantitative estimate of drug-likeness (QED) is 0.468. The molecule has 0 aliphatic carbocycles. The van der Waals surface area contributed by atoms with Crippen LogP contribution in [-0.2, 0) is 6.42 Å². The number of benzene rings is 2. The molecule has 3 aromatic rings. The summed E-state index contributed by atoms with van der Waals surface area (Å²) >= 11 is 3.45. The molecule has 0 radical (unpaired) electrons. The Balaban J connectivity index is 1.86. The molecule has 0 spiro atoms. The molecular weight excluding hydrogens is 456 g/mol. The molecule has 9 heteroatoms. The number of hydrogen-bond acceptors (Lipinski definition) is 7. The van der Waals surface area contributed by atoms with Crippen molar-refractivity contribution in [2.75, 3.05) is 28.4 Å². The average molecular weight is 475 g/mol. The summed E-state index contributed by atoms with van der Waals surface area (Å²) in [6.45, 7) is 0. The summed E-state index contributed by atoms with van der Waals surface area (Å²) in [6, 6.07) is 7.15. The zero-order chi connectivity index (χ0) is 21.4. The molecule has 156 valence electrons. The second kappa shape index (κ2) is 7.91. The molecule has 0 saturated carbocycles. The number of aromatic amines is 1. The van der Waals surface area contributed by atoms with Crippen molar-refractivity contribution in [3.8, 4) is 46.0 Å². The highest BCUT2D eigenvalue weighted by Gasteiger charge is 2.27. The number of halogens is 1. The van der Waals surface area contributed by atoms with Crippen molar-refractivity contribution in [1.82, 2.24) is 9.97 Å². The molecule has 0 saturated heterocycles. The van der Waals surface area contributed by atoms with E-state index >= 15 is 0 Å². The molecule has 0 bridgehead atoms. The number of rotatable bonds is 5. The topological polar surface area (TPSA) is 91.9 Å². The molecule has 1 aromatic heterocycles. The lowest BCUT2D eigenvalue weighted by atomic mass is 10.0. The first kappa shape index (κ1) is 20.1. The number of nitrogens with zero attached hydrogens (tertiary/aromatic N) is 1. The predicted molar refractivity (Wildman–Crippen MR) is 114 cm³/mol. The van der Waals surface area contributed by atoms with Gasteiger partial charge in [0.1, 0.15) is 5.82 Å². The van der Waals surface area contributed by atoms with E-state index in [1.807, 2.05) is 6.07 Å². The van der Waals surface area contributed by atoms with Crippen LogP contribution >= 0.6 is 15.9 Å². The minimum atomic E-state index is -0.295. The number of ether oxygens (including phenoxy) is 5. The van der Waals surface area contributed by atoms with Crippen molar-refractivity contribution in [1.29, 1.82) is 0 Å². The van der Waals surface area contributed by atoms with Crippen LogP contribution in [0, 0.1) is 0 Å². The van der Waals surface area contributed by atoms with E-state index < -0.39 is 0 Å². The maximum absolute atomic E-state index is 12.9. The highest BCUT2D eigenvalue weighted by atomic mass is 79.9. The molecule has 8 nitrogen and oxygen atoms in total. The van der Waals surface area contributed by atoms with E-state index in [9.17, 15) is 4.79 Å². The van der Waals surface area contributed by atoms with Gasteiger partial charge < -0.3 is 28.7 Å². The van der Waals surface area contributed by atoms with Crippen molar-refractivity contribution in [3.63, 3.8) is 0 Å². The van der Waals surface area contributed by atoms with Gasteiger partial charge in [-0.25, -0.2) is 0 Å². The van der Waals surface area contributed by atoms with Crippen molar-refractivity contribution in [2.24, 2.45) is 0 Å². The molecule has 2 heterocycles. The largest absolute Gasteiger partial charge is 0.493 e. The SMILES string of the molecule is COc1cc(Br)cc2c1Oc1nc(-c3ccc(OC)c(OC)c3OC)[nH]c(=O)c1C2. The van der Waals surface area contributed by atoms with Crippen LogP contribution in [0.5, 0.6) is 34.6 Å². The third-order valence-electron chi connectivity index (χ3n) is 4.82. The van der Waals surface area contributed by atoms with Gasteiger partial charge in [0, 0.05) is 16.5 Å². The average Bonchev–Trinajstić information content (AvgIpc) is 2.76. The van der Waals surface area contributed by atoms with E-state index in [0.29, 0.717) is 46.3 Å². The van der Waals surface area contributed by atoms with Crippen LogP contribution in [0.4, 0.5) is 0 Å². The summed E-state index contributed by atoms with van der Waals surface area (Å²) in [5.41, 5.74) is 1.51. The van der Waals surface area contributed by atoms with Crippen LogP contribution in [-0.4, -0.2) is 38.4 Å². The predicted octanol–water partition coefficient (Wildman–Crippen LogP) is 3.93. The lowest BCUT2D eigenvalue weighted by Crippen LogP contribution is -2.20. The molecule has 0 amide bonds. The van der Waals surface area contributed by atoms with Gasteiger partial charge in [-0.05, 0) is 24.3 Å². The minimum Gasteiger partial charge on any atom is -0.493 e. The Hall–Kier alpha value is -3.20. The van der Waals surface area contributed by atoms with E-state index in [2.05, 4.69) is 25.9 Å². The van der Waals surface area contributed by atoms with Gasteiger partial charge in [0.15, 0.2) is 23.0 Å². The summed E-state index contributed by atoms with van der Waals surface area (Å²) in [5, 5.41) is 0. The van der Waals surface area contributed by atoms with Crippen LogP contribution < -0.4 is 29.2 Å². The van der Waals surface area contributed by atoms with Gasteiger partial charge in [0.2, 0.25) is 11.6 Å². The smallest absolute Gasteiger partial charge is 0.258 e. The highest BCUT2D eigenvalue weighted by Crippen LogP contribution is 2.45. The normalized spacial score (nSPS) is 11.8. The maximum atomic E-state index is 12.9. The van der Waals surface area contributed by atoms with Gasteiger partial charge in [-0.15, -0.1) is 0 Å². The standard InChI is InChI=1S/C21H19BrN2O6/c1-26-14-6-5-12(17(28-3)18(14)29-4)19-23-20(25)13-8-10-7-11(22)9-15(27-2)16(10)30-21(13)24-19/h5-7,9H,8H2,1-4H3,(H,23,24,25). The van der Waals surface area contributed by atoms with Gasteiger partial charge in [-0.1, -0.05) is 15.9 Å². The zero-order valence-corrected chi connectivity index (χ0v) is 18.4. The Bertz CT molecular complexity index is 1190. The molecule has 0 unspecified atom stereocenters. The van der Waals surface area contributed by atoms with E-state index in [1.54, 1.807) is 25.3 Å². The first-order chi connectivity index (χ1) is 14.5. The van der Waals surface area contributed by atoms with Crippen molar-refractivity contribution in [3.05, 3.63) is 50.2 Å². The van der Waals surface area contributed by atoms with Crippen LogP contribution in [0.2, 0.25) is 0 Å². The fraction of sp³-hybridized carbons (Fsp3) is 0.238. The number of methoxy groups -OCH3 is 4. The van der Waals surface area contributed by atoms with Gasteiger partial charge in [0.05, 0.1) is 39.6 Å². The lowest BCUT2D eigenvalue weighted by molar-refractivity contribution is 0.325. The van der Waals surface area contributed by atoms with Crippen molar-refractivity contribution in [2.45, 2.75) is 6.42 Å². The lowest BCUT2D eigenvalue weighted by Gasteiger charge is -2.22. The Morgan fingerprint density at radius 2 is 1.73 bits per heavy atom. The zero-order valence-electron chi connectivity index (χ0n) is 16.8. The summed E-state index contributed by atoms with van der Waals surface area (Å²) in [7, 11) is 6.11. The Morgan fingerprint density at radius 3 is 2.40 bits per heavy atom. The van der Waals surface area contributed by atoms with Crippen LogP contribution in [0.15, 0.2) is 33.5 Å². The van der Waals surface area contributed by atoms with Gasteiger partial charge >= 0.3 is 0 Å². The second-order valence-electron chi connectivity index (χ2n) is 6.46. The molecule has 0 atom stereocenters. The summed E-state index contributed by atoms with van der Waals surface area (Å²) in [4.78, 5) is 20.3. The van der Waals surface area contributed by atoms with E-state index in [-0.39, 0.29) is 17.3 Å². The third kappa shape index (κ3) is 3.24. The number of fused-ring (bicyclic) bond motifs is 2. The maximum Gasteiger partial charge on any atom is 0.258 e. The summed E-state index contributed by atoms with van der Waals surface area (Å²) in [6.07, 6.45) is 0.367. The fourth-order valence-electron chi connectivity index (χ4n) is 3.44. The minimum absolute atomic E-state index is 0.221. The summed E-state index contributed by atoms with van der Waals surface area (Å²) < 4.78 is 28.5. The number of nitrogens with one attached hydrogen (secondary N) is 1.